The molecule has 2 aliphatic rings. The third kappa shape index (κ3) is 4.49. The van der Waals surface area contributed by atoms with E-state index in [2.05, 4.69) is 0 Å². The predicted molar refractivity (Wildman–Crippen MR) is 147 cm³/mol. The van der Waals surface area contributed by atoms with Gasteiger partial charge in [-0.05, 0) is 41.5 Å². The number of thioether (sulfide) groups is 3. The fourth-order valence-electron chi connectivity index (χ4n) is 3.48. The summed E-state index contributed by atoms with van der Waals surface area (Å²) >= 11 is 9.19. The van der Waals surface area contributed by atoms with Crippen LogP contribution in [0.1, 0.15) is 39.6 Å². The lowest BCUT2D eigenvalue weighted by Gasteiger charge is -2.30. The standard InChI is InChI=1S/C22H15NO7S6/c1-2-23-13-19(28)35-36-22(13)34-20(31)14(23)21-32-17(15(26)11-5-3-9(7-24)29-11)18(33-21)16(27)12-6-4-10(8-25)30-12/h3-6,24-25H,2,7-8H2,1H3. The number of furan rings is 2. The molecule has 0 fully saturated rings. The van der Waals surface area contributed by atoms with E-state index in [1.807, 2.05) is 11.8 Å². The van der Waals surface area contributed by atoms with Crippen LogP contribution >= 0.6 is 68.2 Å². The van der Waals surface area contributed by atoms with Crippen molar-refractivity contribution in [2.75, 3.05) is 11.4 Å². The zero-order chi connectivity index (χ0) is 25.6. The van der Waals surface area contributed by atoms with Crippen LogP contribution in [-0.2, 0) is 13.2 Å². The first-order chi connectivity index (χ1) is 17.4. The van der Waals surface area contributed by atoms with Crippen molar-refractivity contribution in [3.8, 4) is 0 Å². The monoisotopic (exact) mass is 597 g/mol. The number of carbonyl (C=O) groups is 2. The number of hydrogen-bond donors (Lipinski definition) is 2. The minimum absolute atomic E-state index is 0.0223. The number of hydrogen-bond acceptors (Lipinski definition) is 14. The molecule has 0 unspecified atom stereocenters. The van der Waals surface area contributed by atoms with Gasteiger partial charge in [0.15, 0.2) is 11.5 Å². The molecule has 0 amide bonds. The van der Waals surface area contributed by atoms with Gasteiger partial charge in [0.1, 0.15) is 38.8 Å². The molecule has 0 aromatic carbocycles. The van der Waals surface area contributed by atoms with Crippen molar-refractivity contribution in [3.63, 3.8) is 0 Å². The van der Waals surface area contributed by atoms with Gasteiger partial charge in [-0.15, -0.1) is 0 Å². The van der Waals surface area contributed by atoms with E-state index < -0.39 is 11.6 Å². The molecular formula is C22H15NO7S6. The van der Waals surface area contributed by atoms with Gasteiger partial charge in [-0.3, -0.25) is 14.4 Å². The Morgan fingerprint density at radius 2 is 1.47 bits per heavy atom. The van der Waals surface area contributed by atoms with Crippen molar-refractivity contribution in [2.24, 2.45) is 0 Å². The van der Waals surface area contributed by atoms with E-state index in [1.165, 1.54) is 46.4 Å². The first-order valence-electron chi connectivity index (χ1n) is 10.3. The summed E-state index contributed by atoms with van der Waals surface area (Å²) in [5.41, 5.74) is 1.15. The molecule has 186 valence electrons. The quantitative estimate of drug-likeness (QED) is 0.161. The molecule has 0 spiro atoms. The summed E-state index contributed by atoms with van der Waals surface area (Å²) in [6, 6.07) is 5.86. The second-order valence-electron chi connectivity index (χ2n) is 7.23. The van der Waals surface area contributed by atoms with E-state index in [0.717, 1.165) is 38.1 Å². The molecule has 0 aliphatic carbocycles. The van der Waals surface area contributed by atoms with E-state index in [-0.39, 0.29) is 50.8 Å². The molecule has 36 heavy (non-hydrogen) atoms. The van der Waals surface area contributed by atoms with Crippen LogP contribution in [0.15, 0.2) is 61.8 Å². The summed E-state index contributed by atoms with van der Waals surface area (Å²) in [5.74, 6) is -0.662. The van der Waals surface area contributed by atoms with Crippen molar-refractivity contribution in [1.29, 1.82) is 0 Å². The van der Waals surface area contributed by atoms with Crippen LogP contribution in [0.5, 0.6) is 0 Å². The Labute approximate surface area is 229 Å². The van der Waals surface area contributed by atoms with E-state index in [9.17, 15) is 24.6 Å². The minimum Gasteiger partial charge on any atom is -0.455 e. The number of rotatable bonds is 7. The fourth-order valence-corrected chi connectivity index (χ4v) is 10.6. The van der Waals surface area contributed by atoms with E-state index in [1.54, 1.807) is 0 Å². The first kappa shape index (κ1) is 25.7. The van der Waals surface area contributed by atoms with Gasteiger partial charge in [0.25, 0.3) is 4.74 Å². The molecule has 2 N–H and O–H groups in total. The van der Waals surface area contributed by atoms with Crippen LogP contribution < -0.4 is 9.64 Å². The zero-order valence-electron chi connectivity index (χ0n) is 18.3. The van der Waals surface area contributed by atoms with Gasteiger partial charge in [-0.1, -0.05) is 57.8 Å². The van der Waals surface area contributed by atoms with Crippen molar-refractivity contribution in [3.05, 3.63) is 76.6 Å². The molecule has 5 heterocycles. The Bertz CT molecular complexity index is 1450. The average molecular weight is 598 g/mol. The van der Waals surface area contributed by atoms with Crippen molar-refractivity contribution < 1.29 is 28.6 Å². The number of thiocarbonyl (C=S) groups is 1. The second kappa shape index (κ2) is 10.5. The van der Waals surface area contributed by atoms with Gasteiger partial charge in [0, 0.05) is 6.54 Å². The Morgan fingerprint density at radius 3 is 1.94 bits per heavy atom. The molecule has 8 nitrogen and oxygen atoms in total. The minimum atomic E-state index is -0.527. The maximum absolute atomic E-state index is 13.4. The lowest BCUT2D eigenvalue weighted by Crippen LogP contribution is -2.32. The number of aliphatic hydroxyl groups excluding tert-OH is 2. The Morgan fingerprint density at radius 1 is 0.917 bits per heavy atom. The third-order valence-corrected chi connectivity index (χ3v) is 11.7. The van der Waals surface area contributed by atoms with Crippen LogP contribution in [-0.4, -0.2) is 32.5 Å². The van der Waals surface area contributed by atoms with Gasteiger partial charge in [0.05, 0.1) is 19.7 Å². The largest absolute Gasteiger partial charge is 0.455 e. The average Bonchev–Trinajstić information content (AvgIpc) is 3.68. The van der Waals surface area contributed by atoms with E-state index >= 15 is 0 Å². The maximum Gasteiger partial charge on any atom is 0.267 e. The number of Topliss-reactive ketones (excluding diaryl/α,β-unsaturated/α-hetero) is 2. The second-order valence-corrected chi connectivity index (χ2v) is 13.6. The summed E-state index contributed by atoms with van der Waals surface area (Å²) < 4.78 is 12.8. The lowest BCUT2D eigenvalue weighted by atomic mass is 10.2. The molecule has 0 saturated heterocycles. The molecule has 3 aromatic heterocycles. The van der Waals surface area contributed by atoms with Crippen molar-refractivity contribution >= 4 is 89.6 Å². The fraction of sp³-hybridized carbons (Fsp3) is 0.182. The normalized spacial score (nSPS) is 15.8. The van der Waals surface area contributed by atoms with Gasteiger partial charge >= 0.3 is 0 Å². The number of ketones is 2. The Hall–Kier alpha value is -1.91. The van der Waals surface area contributed by atoms with Gasteiger partial charge in [0.2, 0.25) is 11.6 Å². The summed E-state index contributed by atoms with van der Waals surface area (Å²) in [6.45, 7) is 1.63. The van der Waals surface area contributed by atoms with Crippen LogP contribution in [0.4, 0.5) is 5.69 Å². The molecular weight excluding hydrogens is 583 g/mol. The highest BCUT2D eigenvalue weighted by Crippen LogP contribution is 2.56. The molecule has 2 aliphatic heterocycles. The molecule has 14 heteroatoms. The molecule has 0 radical (unpaired) electrons. The highest BCUT2D eigenvalue weighted by molar-refractivity contribution is 8.30. The Balaban J connectivity index is 1.61. The van der Waals surface area contributed by atoms with E-state index in [4.69, 9.17) is 21.1 Å². The molecule has 0 saturated carbocycles. The van der Waals surface area contributed by atoms with Crippen molar-refractivity contribution in [2.45, 2.75) is 24.3 Å². The first-order valence-corrected chi connectivity index (χ1v) is 15.3. The van der Waals surface area contributed by atoms with Crippen LogP contribution in [0.25, 0.3) is 0 Å². The summed E-state index contributed by atoms with van der Waals surface area (Å²) in [5, 5.41) is 18.7. The number of allylic oxidation sites excluding steroid dienone is 2. The smallest absolute Gasteiger partial charge is 0.267 e. The number of fused-ring (bicyclic) bond motifs is 1. The maximum atomic E-state index is 13.4. The number of carbonyl (C=O) groups excluding carboxylic acids is 2. The SMILES string of the molecule is CCN1C(=C2SC(C(=O)c3ccc(CO)o3)=C(C(=O)c3ccc(CO)o3)S2)C(=S)Sc2ssc(=O)c21. The molecule has 5 rings (SSSR count). The van der Waals surface area contributed by atoms with Crippen LogP contribution in [0, 0.1) is 0 Å². The highest BCUT2D eigenvalue weighted by atomic mass is 32.9. The topological polar surface area (TPSA) is 121 Å². The highest BCUT2D eigenvalue weighted by Gasteiger charge is 2.39. The zero-order valence-corrected chi connectivity index (χ0v) is 23.2. The van der Waals surface area contributed by atoms with Gasteiger partial charge < -0.3 is 23.9 Å². The molecule has 3 aromatic rings. The summed E-state index contributed by atoms with van der Waals surface area (Å²) in [6.07, 6.45) is 0. The Kier molecular flexibility index (Phi) is 7.47. The molecule has 0 bridgehead atoms. The number of nitrogens with zero attached hydrogens (tertiary/aromatic N) is 1. The van der Waals surface area contributed by atoms with Crippen molar-refractivity contribution in [1.82, 2.24) is 0 Å². The molecule has 0 atom stereocenters. The number of anilines is 1. The van der Waals surface area contributed by atoms with E-state index in [0.29, 0.717) is 26.4 Å². The summed E-state index contributed by atoms with van der Waals surface area (Å²) in [7, 11) is 2.52. The van der Waals surface area contributed by atoms with Crippen LogP contribution in [0.2, 0.25) is 0 Å². The third-order valence-electron chi connectivity index (χ3n) is 5.10. The number of aliphatic hydroxyl groups is 2. The lowest BCUT2D eigenvalue weighted by molar-refractivity contribution is 0.0982. The van der Waals surface area contributed by atoms with Gasteiger partial charge in [-0.25, -0.2) is 0 Å². The van der Waals surface area contributed by atoms with Crippen LogP contribution in [0.3, 0.4) is 0 Å². The predicted octanol–water partition coefficient (Wildman–Crippen LogP) is 5.23. The van der Waals surface area contributed by atoms with Gasteiger partial charge in [-0.2, -0.15) is 0 Å². The summed E-state index contributed by atoms with van der Waals surface area (Å²) in [4.78, 5) is 41.6.